The van der Waals surface area contributed by atoms with Gasteiger partial charge in [-0.3, -0.25) is 0 Å². The van der Waals surface area contributed by atoms with Crippen LogP contribution in [0.4, 0.5) is 5.95 Å². The molecule has 1 aromatic heterocycles. The highest BCUT2D eigenvalue weighted by molar-refractivity contribution is 5.85. The molecule has 0 amide bonds. The maximum Gasteiger partial charge on any atom is 0.354 e. The molecular weight excluding hydrogens is 230 g/mol. The number of carboxylic acid groups (broad SMARTS) is 1. The highest BCUT2D eigenvalue weighted by Gasteiger charge is 2.17. The van der Waals surface area contributed by atoms with E-state index in [-0.39, 0.29) is 5.69 Å². The monoisotopic (exact) mass is 249 g/mol. The average molecular weight is 249 g/mol. The van der Waals surface area contributed by atoms with Gasteiger partial charge in [-0.15, -0.1) is 0 Å². The van der Waals surface area contributed by atoms with Gasteiger partial charge < -0.3 is 10.0 Å². The van der Waals surface area contributed by atoms with Gasteiger partial charge in [0.1, 0.15) is 0 Å². The zero-order valence-corrected chi connectivity index (χ0v) is 10.7. The molecule has 5 nitrogen and oxygen atoms in total. The molecule has 98 valence electrons. The topological polar surface area (TPSA) is 66.3 Å². The van der Waals surface area contributed by atoms with Crippen molar-refractivity contribution < 1.29 is 9.90 Å². The minimum atomic E-state index is -1.01. The van der Waals surface area contributed by atoms with Crippen LogP contribution in [0, 0.1) is 5.92 Å². The summed E-state index contributed by atoms with van der Waals surface area (Å²) in [5.74, 6) is 0.172. The molecule has 1 N–H and O–H groups in total. The SMILES string of the molecule is CN(CC1CCCCC1)c1nccc(C(=O)O)n1. The van der Waals surface area contributed by atoms with Crippen LogP contribution >= 0.6 is 0 Å². The predicted octanol–water partition coefficient (Wildman–Crippen LogP) is 2.19. The Labute approximate surface area is 107 Å². The Hall–Kier alpha value is -1.65. The Morgan fingerprint density at radius 1 is 1.44 bits per heavy atom. The van der Waals surface area contributed by atoms with Crippen molar-refractivity contribution in [3.8, 4) is 0 Å². The van der Waals surface area contributed by atoms with Gasteiger partial charge in [0, 0.05) is 19.8 Å². The van der Waals surface area contributed by atoms with E-state index in [9.17, 15) is 4.79 Å². The maximum absolute atomic E-state index is 10.9. The Kier molecular flexibility index (Phi) is 4.12. The van der Waals surface area contributed by atoms with Gasteiger partial charge in [0.25, 0.3) is 0 Å². The molecule has 1 aliphatic carbocycles. The lowest BCUT2D eigenvalue weighted by Gasteiger charge is -2.27. The minimum Gasteiger partial charge on any atom is -0.477 e. The third kappa shape index (κ3) is 3.18. The fourth-order valence-electron chi connectivity index (χ4n) is 2.49. The fraction of sp³-hybridized carbons (Fsp3) is 0.615. The van der Waals surface area contributed by atoms with Crippen LogP contribution < -0.4 is 4.90 Å². The van der Waals surface area contributed by atoms with Crippen molar-refractivity contribution in [2.24, 2.45) is 5.92 Å². The van der Waals surface area contributed by atoms with Crippen LogP contribution in [-0.2, 0) is 0 Å². The highest BCUT2D eigenvalue weighted by atomic mass is 16.4. The first-order valence-electron chi connectivity index (χ1n) is 6.44. The van der Waals surface area contributed by atoms with E-state index < -0.39 is 5.97 Å². The minimum absolute atomic E-state index is 0.0514. The summed E-state index contributed by atoms with van der Waals surface area (Å²) in [4.78, 5) is 21.0. The number of carbonyl (C=O) groups is 1. The average Bonchev–Trinajstić information content (AvgIpc) is 2.40. The molecule has 1 fully saturated rings. The van der Waals surface area contributed by atoms with E-state index in [0.29, 0.717) is 11.9 Å². The molecule has 0 saturated heterocycles. The summed E-state index contributed by atoms with van der Waals surface area (Å²) >= 11 is 0. The van der Waals surface area contributed by atoms with E-state index in [1.165, 1.54) is 44.4 Å². The van der Waals surface area contributed by atoms with Crippen LogP contribution in [0.1, 0.15) is 42.6 Å². The zero-order chi connectivity index (χ0) is 13.0. The standard InChI is InChI=1S/C13H19N3O2/c1-16(9-10-5-3-2-4-6-10)13-14-8-7-11(15-13)12(17)18/h7-8,10H,2-6,9H2,1H3,(H,17,18). The Morgan fingerprint density at radius 2 is 2.17 bits per heavy atom. The van der Waals surface area contributed by atoms with Crippen molar-refractivity contribution in [2.75, 3.05) is 18.5 Å². The molecule has 0 aliphatic heterocycles. The number of nitrogens with zero attached hydrogens (tertiary/aromatic N) is 3. The lowest BCUT2D eigenvalue weighted by Crippen LogP contribution is -2.28. The zero-order valence-electron chi connectivity index (χ0n) is 10.7. The van der Waals surface area contributed by atoms with Crippen LogP contribution in [0.5, 0.6) is 0 Å². The molecule has 0 bridgehead atoms. The maximum atomic E-state index is 10.9. The van der Waals surface area contributed by atoms with Crippen molar-refractivity contribution in [1.29, 1.82) is 0 Å². The van der Waals surface area contributed by atoms with Gasteiger partial charge in [-0.1, -0.05) is 19.3 Å². The summed E-state index contributed by atoms with van der Waals surface area (Å²) in [7, 11) is 1.93. The Bertz CT molecular complexity index is 416. The molecule has 0 spiro atoms. The van der Waals surface area contributed by atoms with Crippen molar-refractivity contribution in [3.63, 3.8) is 0 Å². The van der Waals surface area contributed by atoms with Gasteiger partial charge in [-0.2, -0.15) is 0 Å². The second-order valence-electron chi connectivity index (χ2n) is 4.93. The van der Waals surface area contributed by atoms with E-state index >= 15 is 0 Å². The largest absolute Gasteiger partial charge is 0.477 e. The summed E-state index contributed by atoms with van der Waals surface area (Å²) in [5, 5.41) is 8.90. The third-order valence-electron chi connectivity index (χ3n) is 3.46. The van der Waals surface area contributed by atoms with Gasteiger partial charge in [0.2, 0.25) is 5.95 Å². The van der Waals surface area contributed by atoms with Crippen molar-refractivity contribution >= 4 is 11.9 Å². The van der Waals surface area contributed by atoms with E-state index in [1.54, 1.807) is 0 Å². The summed E-state index contributed by atoms with van der Waals surface area (Å²) in [5.41, 5.74) is 0.0514. The number of hydrogen-bond acceptors (Lipinski definition) is 4. The van der Waals surface area contributed by atoms with E-state index in [1.807, 2.05) is 11.9 Å². The van der Waals surface area contributed by atoms with Gasteiger partial charge in [0.15, 0.2) is 5.69 Å². The van der Waals surface area contributed by atoms with Crippen LogP contribution in [0.2, 0.25) is 0 Å². The lowest BCUT2D eigenvalue weighted by molar-refractivity contribution is 0.0690. The van der Waals surface area contributed by atoms with E-state index in [2.05, 4.69) is 9.97 Å². The van der Waals surface area contributed by atoms with E-state index in [0.717, 1.165) is 6.54 Å². The Balaban J connectivity index is 2.01. The highest BCUT2D eigenvalue weighted by Crippen LogP contribution is 2.24. The van der Waals surface area contributed by atoms with Gasteiger partial charge in [-0.25, -0.2) is 14.8 Å². The first-order chi connectivity index (χ1) is 8.66. The number of anilines is 1. The lowest BCUT2D eigenvalue weighted by atomic mass is 9.89. The van der Waals surface area contributed by atoms with E-state index in [4.69, 9.17) is 5.11 Å². The van der Waals surface area contributed by atoms with Gasteiger partial charge >= 0.3 is 5.97 Å². The summed E-state index contributed by atoms with van der Waals surface area (Å²) < 4.78 is 0. The summed E-state index contributed by atoms with van der Waals surface area (Å²) in [6, 6.07) is 1.42. The van der Waals surface area contributed by atoms with Crippen LogP contribution in [0.15, 0.2) is 12.3 Å². The van der Waals surface area contributed by atoms with Crippen LogP contribution in [0.25, 0.3) is 0 Å². The van der Waals surface area contributed by atoms with Crippen LogP contribution in [0.3, 0.4) is 0 Å². The summed E-state index contributed by atoms with van der Waals surface area (Å²) in [6.45, 7) is 0.906. The molecule has 1 heterocycles. The number of carboxylic acids is 1. The molecule has 0 unspecified atom stereocenters. The molecule has 1 saturated carbocycles. The van der Waals surface area contributed by atoms with Crippen molar-refractivity contribution in [1.82, 2.24) is 9.97 Å². The van der Waals surface area contributed by atoms with Gasteiger partial charge in [-0.05, 0) is 24.8 Å². The number of hydrogen-bond donors (Lipinski definition) is 1. The second kappa shape index (κ2) is 5.80. The molecule has 0 atom stereocenters. The first-order valence-corrected chi connectivity index (χ1v) is 6.44. The fourth-order valence-corrected chi connectivity index (χ4v) is 2.49. The first kappa shape index (κ1) is 12.8. The summed E-state index contributed by atoms with van der Waals surface area (Å²) in [6.07, 6.45) is 7.95. The second-order valence-corrected chi connectivity index (χ2v) is 4.93. The predicted molar refractivity (Wildman–Crippen MR) is 68.8 cm³/mol. The molecule has 1 aromatic rings. The Morgan fingerprint density at radius 3 is 2.83 bits per heavy atom. The quantitative estimate of drug-likeness (QED) is 0.886. The van der Waals surface area contributed by atoms with Crippen molar-refractivity contribution in [3.05, 3.63) is 18.0 Å². The molecular formula is C13H19N3O2. The molecule has 1 aliphatic rings. The normalized spacial score (nSPS) is 16.5. The van der Waals surface area contributed by atoms with Gasteiger partial charge in [0.05, 0.1) is 0 Å². The number of rotatable bonds is 4. The molecule has 2 rings (SSSR count). The van der Waals surface area contributed by atoms with Crippen LogP contribution in [-0.4, -0.2) is 34.6 Å². The van der Waals surface area contributed by atoms with Crippen molar-refractivity contribution in [2.45, 2.75) is 32.1 Å². The third-order valence-corrected chi connectivity index (χ3v) is 3.46. The molecule has 5 heteroatoms. The number of aromatic carboxylic acids is 1. The smallest absolute Gasteiger partial charge is 0.354 e. The number of aromatic nitrogens is 2. The molecule has 0 radical (unpaired) electrons. The molecule has 18 heavy (non-hydrogen) atoms. The molecule has 0 aromatic carbocycles.